The number of rotatable bonds is 4. The number of fused-ring (bicyclic) bond motifs is 1. The molecule has 0 saturated carbocycles. The molecule has 1 unspecified atom stereocenters. The zero-order chi connectivity index (χ0) is 18.4. The first kappa shape index (κ1) is 17.3. The summed E-state index contributed by atoms with van der Waals surface area (Å²) in [6.45, 7) is 7.85. The average molecular weight is 340 g/mol. The van der Waals surface area contributed by atoms with Gasteiger partial charge in [-0.3, -0.25) is 9.59 Å². The van der Waals surface area contributed by atoms with E-state index in [2.05, 4.69) is 4.98 Å². The minimum absolute atomic E-state index is 0.202. The van der Waals surface area contributed by atoms with Crippen LogP contribution in [0.2, 0.25) is 0 Å². The summed E-state index contributed by atoms with van der Waals surface area (Å²) in [5.74, 6) is -1.08. The highest BCUT2D eigenvalue weighted by Gasteiger charge is 2.46. The average Bonchev–Trinajstić information content (AvgIpc) is 3.08. The standard InChI is InChI=1S/C20H24N2O3/c1-5-10-22-16(13-11-21-14-9-7-6-8-12(13)14)15(17(23)19(22)25)18(24)20(2,3)4/h6-9,11,16,21,23H,5,10H2,1-4H3. The molecule has 5 nitrogen and oxygen atoms in total. The van der Waals surface area contributed by atoms with Gasteiger partial charge in [0.1, 0.15) is 0 Å². The molecule has 1 aromatic carbocycles. The van der Waals surface area contributed by atoms with Crippen LogP contribution in [0, 0.1) is 5.41 Å². The summed E-state index contributed by atoms with van der Waals surface area (Å²) in [6.07, 6.45) is 2.58. The number of ketones is 1. The summed E-state index contributed by atoms with van der Waals surface area (Å²) in [5, 5.41) is 11.4. The van der Waals surface area contributed by atoms with Gasteiger partial charge < -0.3 is 15.0 Å². The van der Waals surface area contributed by atoms with Crippen LogP contribution in [0.5, 0.6) is 0 Å². The van der Waals surface area contributed by atoms with Crippen LogP contribution < -0.4 is 0 Å². The van der Waals surface area contributed by atoms with Crippen molar-refractivity contribution in [1.82, 2.24) is 9.88 Å². The van der Waals surface area contributed by atoms with Gasteiger partial charge in [-0.15, -0.1) is 0 Å². The number of aromatic nitrogens is 1. The van der Waals surface area contributed by atoms with Gasteiger partial charge in [0, 0.05) is 34.6 Å². The van der Waals surface area contributed by atoms with Gasteiger partial charge in [0.25, 0.3) is 5.91 Å². The number of aromatic amines is 1. The summed E-state index contributed by atoms with van der Waals surface area (Å²) in [5.41, 5.74) is 1.30. The van der Waals surface area contributed by atoms with Crippen molar-refractivity contribution in [3.63, 3.8) is 0 Å². The van der Waals surface area contributed by atoms with E-state index >= 15 is 0 Å². The molecule has 0 aliphatic carbocycles. The van der Waals surface area contributed by atoms with Crippen molar-refractivity contribution in [2.45, 2.75) is 40.2 Å². The van der Waals surface area contributed by atoms with E-state index in [4.69, 9.17) is 0 Å². The summed E-state index contributed by atoms with van der Waals surface area (Å²) in [6, 6.07) is 7.21. The Balaban J connectivity index is 2.21. The van der Waals surface area contributed by atoms with E-state index in [-0.39, 0.29) is 11.4 Å². The number of hydrogen-bond acceptors (Lipinski definition) is 3. The minimum atomic E-state index is -0.684. The Bertz CT molecular complexity index is 870. The van der Waals surface area contributed by atoms with Crippen molar-refractivity contribution >= 4 is 22.6 Å². The highest BCUT2D eigenvalue weighted by Crippen LogP contribution is 2.42. The molecule has 1 aliphatic heterocycles. The first-order valence-electron chi connectivity index (χ1n) is 8.62. The molecule has 1 atom stereocenters. The predicted molar refractivity (Wildman–Crippen MR) is 97.2 cm³/mol. The van der Waals surface area contributed by atoms with Crippen molar-refractivity contribution in [1.29, 1.82) is 0 Å². The minimum Gasteiger partial charge on any atom is -0.503 e. The van der Waals surface area contributed by atoms with Gasteiger partial charge in [0.2, 0.25) is 0 Å². The van der Waals surface area contributed by atoms with E-state index in [0.717, 1.165) is 22.9 Å². The molecular weight excluding hydrogens is 316 g/mol. The number of para-hydroxylation sites is 1. The van der Waals surface area contributed by atoms with E-state index < -0.39 is 23.1 Å². The largest absolute Gasteiger partial charge is 0.503 e. The topological polar surface area (TPSA) is 73.4 Å². The number of nitrogens with zero attached hydrogens (tertiary/aromatic N) is 1. The summed E-state index contributed by atoms with van der Waals surface area (Å²) >= 11 is 0. The summed E-state index contributed by atoms with van der Waals surface area (Å²) < 4.78 is 0. The molecule has 0 bridgehead atoms. The molecule has 0 spiro atoms. The van der Waals surface area contributed by atoms with E-state index in [1.807, 2.05) is 37.4 Å². The van der Waals surface area contributed by atoms with Gasteiger partial charge in [-0.25, -0.2) is 0 Å². The number of hydrogen-bond donors (Lipinski definition) is 2. The number of carbonyl (C=O) groups excluding carboxylic acids is 2. The maximum atomic E-state index is 13.0. The Morgan fingerprint density at radius 1 is 1.28 bits per heavy atom. The van der Waals surface area contributed by atoms with E-state index in [1.54, 1.807) is 25.7 Å². The molecule has 1 amide bonds. The number of amides is 1. The number of Topliss-reactive ketones (excluding diaryl/α,β-unsaturated/α-hetero) is 1. The first-order valence-corrected chi connectivity index (χ1v) is 8.62. The monoisotopic (exact) mass is 340 g/mol. The summed E-state index contributed by atoms with van der Waals surface area (Å²) in [4.78, 5) is 30.4. The van der Waals surface area contributed by atoms with Crippen molar-refractivity contribution in [3.05, 3.63) is 47.4 Å². The van der Waals surface area contributed by atoms with Crippen molar-refractivity contribution in [2.75, 3.05) is 6.54 Å². The first-order chi connectivity index (χ1) is 11.8. The fourth-order valence-electron chi connectivity index (χ4n) is 3.40. The third kappa shape index (κ3) is 2.73. The highest BCUT2D eigenvalue weighted by molar-refractivity contribution is 6.11. The Morgan fingerprint density at radius 3 is 2.60 bits per heavy atom. The maximum absolute atomic E-state index is 13.0. The third-order valence-corrected chi connectivity index (χ3v) is 4.61. The smallest absolute Gasteiger partial charge is 0.290 e. The molecule has 3 rings (SSSR count). The third-order valence-electron chi connectivity index (χ3n) is 4.61. The lowest BCUT2D eigenvalue weighted by Gasteiger charge is -2.28. The fourth-order valence-corrected chi connectivity index (χ4v) is 3.40. The maximum Gasteiger partial charge on any atom is 0.290 e. The lowest BCUT2D eigenvalue weighted by Crippen LogP contribution is -2.33. The van der Waals surface area contributed by atoms with Crippen molar-refractivity contribution < 1.29 is 14.7 Å². The highest BCUT2D eigenvalue weighted by atomic mass is 16.3. The van der Waals surface area contributed by atoms with Crippen molar-refractivity contribution in [2.24, 2.45) is 5.41 Å². The number of aliphatic hydroxyl groups is 1. The molecule has 1 aromatic heterocycles. The van der Waals surface area contributed by atoms with Crippen LogP contribution in [0.15, 0.2) is 41.8 Å². The molecule has 0 saturated heterocycles. The van der Waals surface area contributed by atoms with Gasteiger partial charge in [-0.1, -0.05) is 45.9 Å². The normalized spacial score (nSPS) is 18.5. The Hall–Kier alpha value is -2.56. The van der Waals surface area contributed by atoms with Crippen LogP contribution in [-0.4, -0.2) is 33.2 Å². The predicted octanol–water partition coefficient (Wildman–Crippen LogP) is 3.89. The molecule has 2 N–H and O–H groups in total. The molecular formula is C20H24N2O3. The molecule has 25 heavy (non-hydrogen) atoms. The zero-order valence-corrected chi connectivity index (χ0v) is 15.1. The van der Waals surface area contributed by atoms with Gasteiger partial charge in [-0.2, -0.15) is 0 Å². The second-order valence-corrected chi connectivity index (χ2v) is 7.53. The number of aliphatic hydroxyl groups excluding tert-OH is 1. The van der Waals surface area contributed by atoms with Crippen LogP contribution >= 0.6 is 0 Å². The second kappa shape index (κ2) is 6.06. The van der Waals surface area contributed by atoms with E-state index in [1.165, 1.54) is 0 Å². The van der Waals surface area contributed by atoms with Gasteiger partial charge in [0.05, 0.1) is 11.6 Å². The quantitative estimate of drug-likeness (QED) is 0.887. The van der Waals surface area contributed by atoms with Crippen LogP contribution in [-0.2, 0) is 9.59 Å². The summed E-state index contributed by atoms with van der Waals surface area (Å²) in [7, 11) is 0. The Labute approximate surface area is 147 Å². The molecule has 2 heterocycles. The van der Waals surface area contributed by atoms with Crippen LogP contribution in [0.4, 0.5) is 0 Å². The number of H-pyrrole nitrogens is 1. The fraction of sp³-hybridized carbons (Fsp3) is 0.400. The van der Waals surface area contributed by atoms with E-state index in [0.29, 0.717) is 6.54 Å². The number of carbonyl (C=O) groups is 2. The SMILES string of the molecule is CCCN1C(=O)C(O)=C(C(=O)C(C)(C)C)C1c1c[nH]c2ccccc12. The van der Waals surface area contributed by atoms with Crippen LogP contribution in [0.25, 0.3) is 10.9 Å². The number of benzene rings is 1. The second-order valence-electron chi connectivity index (χ2n) is 7.53. The molecule has 5 heteroatoms. The molecule has 1 aliphatic rings. The van der Waals surface area contributed by atoms with Crippen LogP contribution in [0.1, 0.15) is 45.7 Å². The number of nitrogens with one attached hydrogen (secondary N) is 1. The zero-order valence-electron chi connectivity index (χ0n) is 15.1. The molecule has 0 fully saturated rings. The molecule has 132 valence electrons. The Kier molecular flexibility index (Phi) is 4.19. The lowest BCUT2D eigenvalue weighted by molar-refractivity contribution is -0.129. The van der Waals surface area contributed by atoms with Crippen molar-refractivity contribution in [3.8, 4) is 0 Å². The Morgan fingerprint density at radius 2 is 1.96 bits per heavy atom. The van der Waals surface area contributed by atoms with Crippen LogP contribution in [0.3, 0.4) is 0 Å². The van der Waals surface area contributed by atoms with Gasteiger partial charge in [-0.05, 0) is 12.5 Å². The lowest BCUT2D eigenvalue weighted by atomic mass is 9.82. The van der Waals surface area contributed by atoms with E-state index in [9.17, 15) is 14.7 Å². The van der Waals surface area contributed by atoms with Gasteiger partial charge >= 0.3 is 0 Å². The molecule has 0 radical (unpaired) electrons. The molecule has 2 aromatic rings. The van der Waals surface area contributed by atoms with Gasteiger partial charge in [0.15, 0.2) is 11.5 Å².